The van der Waals surface area contributed by atoms with Crippen molar-refractivity contribution < 1.29 is 23.1 Å². The van der Waals surface area contributed by atoms with Gasteiger partial charge in [-0.25, -0.2) is 0 Å². The molecule has 0 saturated carbocycles. The number of hydrogen-bond donors (Lipinski definition) is 1. The van der Waals surface area contributed by atoms with Crippen molar-refractivity contribution in [3.8, 4) is 0 Å². The van der Waals surface area contributed by atoms with Gasteiger partial charge in [-0.2, -0.15) is 13.2 Å². The fourth-order valence-corrected chi connectivity index (χ4v) is 2.59. The molecule has 1 aromatic carbocycles. The van der Waals surface area contributed by atoms with Gasteiger partial charge in [0, 0.05) is 25.2 Å². The van der Waals surface area contributed by atoms with Crippen molar-refractivity contribution in [2.45, 2.75) is 31.4 Å². The van der Waals surface area contributed by atoms with Crippen molar-refractivity contribution in [2.75, 3.05) is 18.0 Å². The van der Waals surface area contributed by atoms with Crippen LogP contribution in [0.4, 0.5) is 18.9 Å². The third-order valence-corrected chi connectivity index (χ3v) is 3.53. The summed E-state index contributed by atoms with van der Waals surface area (Å²) in [6, 6.07) is 7.05. The second-order valence-corrected chi connectivity index (χ2v) is 4.94. The first-order valence-corrected chi connectivity index (χ1v) is 6.52. The minimum absolute atomic E-state index is 0.0234. The number of carbonyl (C=O) groups is 1. The lowest BCUT2D eigenvalue weighted by molar-refractivity contribution is -0.139. The van der Waals surface area contributed by atoms with Gasteiger partial charge in [0.05, 0.1) is 5.92 Å². The molecule has 110 valence electrons. The molecule has 0 aliphatic carbocycles. The number of carboxylic acid groups (broad SMARTS) is 1. The minimum Gasteiger partial charge on any atom is -0.481 e. The Morgan fingerprint density at radius 2 is 2.05 bits per heavy atom. The molecule has 0 aromatic heterocycles. The summed E-state index contributed by atoms with van der Waals surface area (Å²) >= 11 is 0. The first-order valence-electron chi connectivity index (χ1n) is 6.52. The van der Waals surface area contributed by atoms with E-state index in [4.69, 9.17) is 0 Å². The molecule has 3 nitrogen and oxygen atoms in total. The molecule has 1 N–H and O–H groups in total. The molecule has 0 spiro atoms. The van der Waals surface area contributed by atoms with E-state index in [1.807, 2.05) is 4.90 Å². The Morgan fingerprint density at radius 3 is 2.70 bits per heavy atom. The Hall–Kier alpha value is -1.72. The Balaban J connectivity index is 2.09. The fourth-order valence-electron chi connectivity index (χ4n) is 2.59. The van der Waals surface area contributed by atoms with Gasteiger partial charge in [-0.15, -0.1) is 0 Å². The highest BCUT2D eigenvalue weighted by Crippen LogP contribution is 2.35. The van der Waals surface area contributed by atoms with Crippen molar-refractivity contribution in [1.29, 1.82) is 0 Å². The predicted octanol–water partition coefficient (Wildman–Crippen LogP) is 3.41. The average Bonchev–Trinajstić information content (AvgIpc) is 2.37. The van der Waals surface area contributed by atoms with Crippen molar-refractivity contribution in [1.82, 2.24) is 0 Å². The second kappa shape index (κ2) is 5.73. The van der Waals surface area contributed by atoms with E-state index in [-0.39, 0.29) is 6.42 Å². The zero-order chi connectivity index (χ0) is 14.8. The number of alkyl halides is 3. The summed E-state index contributed by atoms with van der Waals surface area (Å²) in [5.74, 6) is -1.45. The smallest absolute Gasteiger partial charge is 0.389 e. The summed E-state index contributed by atoms with van der Waals surface area (Å²) in [4.78, 5) is 13.0. The molecule has 1 aromatic rings. The number of carboxylic acids is 1. The van der Waals surface area contributed by atoms with Crippen LogP contribution in [0.15, 0.2) is 24.3 Å². The topological polar surface area (TPSA) is 40.5 Å². The number of hydrogen-bond acceptors (Lipinski definition) is 2. The van der Waals surface area contributed by atoms with Crippen LogP contribution in [0.2, 0.25) is 0 Å². The van der Waals surface area contributed by atoms with Crippen LogP contribution in [0.1, 0.15) is 30.7 Å². The van der Waals surface area contributed by atoms with Crippen LogP contribution in [0.5, 0.6) is 0 Å². The van der Waals surface area contributed by atoms with Crippen LogP contribution in [0.25, 0.3) is 0 Å². The van der Waals surface area contributed by atoms with Crippen molar-refractivity contribution in [3.63, 3.8) is 0 Å². The SMILES string of the molecule is O=C(O)C1CCN(CCCC(F)(F)F)c2ccccc21. The Morgan fingerprint density at radius 1 is 1.35 bits per heavy atom. The lowest BCUT2D eigenvalue weighted by atomic mass is 9.90. The van der Waals surface area contributed by atoms with Crippen molar-refractivity contribution in [3.05, 3.63) is 29.8 Å². The molecule has 0 bridgehead atoms. The number of anilines is 1. The van der Waals surface area contributed by atoms with E-state index in [0.29, 0.717) is 25.1 Å². The Labute approximate surface area is 115 Å². The number of nitrogens with zero attached hydrogens (tertiary/aromatic N) is 1. The number of aliphatic carboxylic acids is 1. The van der Waals surface area contributed by atoms with Crippen LogP contribution in [-0.2, 0) is 4.79 Å². The van der Waals surface area contributed by atoms with Crippen LogP contribution in [0, 0.1) is 0 Å². The molecule has 20 heavy (non-hydrogen) atoms. The molecule has 0 radical (unpaired) electrons. The standard InChI is InChI=1S/C14H16F3NO2/c15-14(16,17)7-3-8-18-9-6-11(13(19)20)10-4-1-2-5-12(10)18/h1-2,4-5,11H,3,6-9H2,(H,19,20). The highest BCUT2D eigenvalue weighted by atomic mass is 19.4. The molecular formula is C14H16F3NO2. The van der Waals surface area contributed by atoms with E-state index in [2.05, 4.69) is 0 Å². The maximum atomic E-state index is 12.2. The third-order valence-electron chi connectivity index (χ3n) is 3.53. The van der Waals surface area contributed by atoms with E-state index < -0.39 is 24.5 Å². The molecule has 1 aliphatic heterocycles. The fraction of sp³-hybridized carbons (Fsp3) is 0.500. The van der Waals surface area contributed by atoms with E-state index >= 15 is 0 Å². The lowest BCUT2D eigenvalue weighted by Crippen LogP contribution is -2.34. The van der Waals surface area contributed by atoms with Crippen molar-refractivity contribution in [2.24, 2.45) is 0 Å². The van der Waals surface area contributed by atoms with Gasteiger partial charge in [-0.1, -0.05) is 18.2 Å². The quantitative estimate of drug-likeness (QED) is 0.922. The largest absolute Gasteiger partial charge is 0.481 e. The number of fused-ring (bicyclic) bond motifs is 1. The number of benzene rings is 1. The van der Waals surface area contributed by atoms with Gasteiger partial charge in [0.1, 0.15) is 0 Å². The molecule has 1 atom stereocenters. The highest BCUT2D eigenvalue weighted by molar-refractivity contribution is 5.80. The van der Waals surface area contributed by atoms with Gasteiger partial charge >= 0.3 is 12.1 Å². The van der Waals surface area contributed by atoms with Gasteiger partial charge in [-0.05, 0) is 24.5 Å². The predicted molar refractivity (Wildman–Crippen MR) is 68.9 cm³/mol. The molecule has 1 aliphatic rings. The van der Waals surface area contributed by atoms with Crippen LogP contribution >= 0.6 is 0 Å². The van der Waals surface area contributed by atoms with Gasteiger partial charge in [-0.3, -0.25) is 4.79 Å². The first kappa shape index (κ1) is 14.7. The lowest BCUT2D eigenvalue weighted by Gasteiger charge is -2.34. The number of halogens is 3. The minimum atomic E-state index is -4.14. The Bertz CT molecular complexity index is 488. The first-order chi connectivity index (χ1) is 9.38. The molecular weight excluding hydrogens is 271 g/mol. The maximum Gasteiger partial charge on any atom is 0.389 e. The number of para-hydroxylation sites is 1. The van der Waals surface area contributed by atoms with Crippen LogP contribution in [-0.4, -0.2) is 30.3 Å². The van der Waals surface area contributed by atoms with E-state index in [0.717, 1.165) is 5.69 Å². The summed E-state index contributed by atoms with van der Waals surface area (Å²) < 4.78 is 36.5. The number of rotatable bonds is 4. The summed E-state index contributed by atoms with van der Waals surface area (Å²) in [5, 5.41) is 9.19. The molecule has 6 heteroatoms. The molecule has 0 amide bonds. The molecule has 2 rings (SSSR count). The van der Waals surface area contributed by atoms with E-state index in [1.54, 1.807) is 24.3 Å². The van der Waals surface area contributed by atoms with Gasteiger partial charge < -0.3 is 10.0 Å². The van der Waals surface area contributed by atoms with Crippen molar-refractivity contribution >= 4 is 11.7 Å². The second-order valence-electron chi connectivity index (χ2n) is 4.94. The monoisotopic (exact) mass is 287 g/mol. The zero-order valence-corrected chi connectivity index (χ0v) is 10.9. The normalized spacial score (nSPS) is 18.8. The summed E-state index contributed by atoms with van der Waals surface area (Å²) in [7, 11) is 0. The third kappa shape index (κ3) is 3.43. The summed E-state index contributed by atoms with van der Waals surface area (Å²) in [6.45, 7) is 0.773. The van der Waals surface area contributed by atoms with Gasteiger partial charge in [0.2, 0.25) is 0 Å². The Kier molecular flexibility index (Phi) is 4.20. The average molecular weight is 287 g/mol. The maximum absolute atomic E-state index is 12.2. The van der Waals surface area contributed by atoms with Crippen LogP contribution < -0.4 is 4.90 Å². The highest BCUT2D eigenvalue weighted by Gasteiger charge is 2.31. The molecule has 0 fully saturated rings. The molecule has 0 saturated heterocycles. The van der Waals surface area contributed by atoms with Gasteiger partial charge in [0.25, 0.3) is 0 Å². The molecule has 1 heterocycles. The summed E-state index contributed by atoms with van der Waals surface area (Å²) in [6.07, 6.45) is -4.50. The van der Waals surface area contributed by atoms with Crippen LogP contribution in [0.3, 0.4) is 0 Å². The summed E-state index contributed by atoms with van der Waals surface area (Å²) in [5.41, 5.74) is 1.44. The van der Waals surface area contributed by atoms with E-state index in [9.17, 15) is 23.1 Å². The molecule has 1 unspecified atom stereocenters. The van der Waals surface area contributed by atoms with E-state index in [1.165, 1.54) is 0 Å². The van der Waals surface area contributed by atoms with Gasteiger partial charge in [0.15, 0.2) is 0 Å². The zero-order valence-electron chi connectivity index (χ0n) is 10.9.